The molecule has 0 fully saturated rings. The van der Waals surface area contributed by atoms with E-state index >= 15 is 0 Å². The molecule has 21 heavy (non-hydrogen) atoms. The lowest BCUT2D eigenvalue weighted by molar-refractivity contribution is -0.117. The predicted octanol–water partition coefficient (Wildman–Crippen LogP) is 3.45. The van der Waals surface area contributed by atoms with Gasteiger partial charge in [0.1, 0.15) is 6.10 Å². The number of carbonyl (C=O) groups is 1. The van der Waals surface area contributed by atoms with Crippen LogP contribution >= 0.6 is 11.6 Å². The molecular formula is C16H16ClNO3. The summed E-state index contributed by atoms with van der Waals surface area (Å²) in [6.07, 6.45) is 5.95. The summed E-state index contributed by atoms with van der Waals surface area (Å²) in [7, 11) is 1.58. The largest absolute Gasteiger partial charge is 0.472 e. The summed E-state index contributed by atoms with van der Waals surface area (Å²) in [5.41, 5.74) is 1.68. The first-order valence-electron chi connectivity index (χ1n) is 6.46. The number of ether oxygens (including phenoxy) is 1. The van der Waals surface area contributed by atoms with Gasteiger partial charge in [0.25, 0.3) is 0 Å². The summed E-state index contributed by atoms with van der Waals surface area (Å²) in [5.74, 6) is -0.203. The van der Waals surface area contributed by atoms with Gasteiger partial charge in [0.15, 0.2) is 0 Å². The van der Waals surface area contributed by atoms with E-state index in [4.69, 9.17) is 20.8 Å². The minimum atomic E-state index is -0.287. The number of nitrogens with one attached hydrogen (secondary N) is 1. The van der Waals surface area contributed by atoms with Crippen LogP contribution in [0.5, 0.6) is 0 Å². The van der Waals surface area contributed by atoms with Gasteiger partial charge in [-0.2, -0.15) is 0 Å². The van der Waals surface area contributed by atoms with Crippen LogP contribution in [-0.2, 0) is 9.53 Å². The highest BCUT2D eigenvalue weighted by Gasteiger charge is 2.14. The SMILES string of the molecule is CO[C@H](CNC(=O)/C=C/c1ccoc1)c1ccccc1Cl. The third kappa shape index (κ3) is 4.48. The number of methoxy groups -OCH3 is 1. The number of hydrogen-bond donors (Lipinski definition) is 1. The van der Waals surface area contributed by atoms with Crippen molar-refractivity contribution in [1.82, 2.24) is 5.32 Å². The maximum absolute atomic E-state index is 11.8. The minimum Gasteiger partial charge on any atom is -0.472 e. The van der Waals surface area contributed by atoms with E-state index in [1.54, 1.807) is 37.8 Å². The summed E-state index contributed by atoms with van der Waals surface area (Å²) >= 11 is 6.12. The molecule has 1 heterocycles. The van der Waals surface area contributed by atoms with Crippen molar-refractivity contribution < 1.29 is 13.9 Å². The molecular weight excluding hydrogens is 290 g/mol. The lowest BCUT2D eigenvalue weighted by Crippen LogP contribution is -2.27. The molecule has 110 valence electrons. The summed E-state index contributed by atoms with van der Waals surface area (Å²) < 4.78 is 10.3. The third-order valence-electron chi connectivity index (χ3n) is 2.97. The zero-order chi connectivity index (χ0) is 15.1. The molecule has 0 radical (unpaired) electrons. The van der Waals surface area contributed by atoms with Crippen molar-refractivity contribution >= 4 is 23.6 Å². The molecule has 0 saturated heterocycles. The molecule has 1 aromatic heterocycles. The second-order valence-corrected chi connectivity index (χ2v) is 4.79. The number of halogens is 1. The maximum atomic E-state index is 11.8. The fourth-order valence-electron chi connectivity index (χ4n) is 1.85. The number of benzene rings is 1. The van der Waals surface area contributed by atoms with Crippen LogP contribution in [0.1, 0.15) is 17.2 Å². The molecule has 1 amide bonds. The molecule has 0 spiro atoms. The van der Waals surface area contributed by atoms with E-state index in [2.05, 4.69) is 5.32 Å². The Hall–Kier alpha value is -2.04. The fraction of sp³-hybridized carbons (Fsp3) is 0.188. The Kier molecular flexibility index (Phi) is 5.60. The van der Waals surface area contributed by atoms with E-state index in [1.165, 1.54) is 6.08 Å². The standard InChI is InChI=1S/C16H16ClNO3/c1-20-15(13-4-2-3-5-14(13)17)10-18-16(19)7-6-12-8-9-21-11-12/h2-9,11,15H,10H2,1H3,(H,18,19)/b7-6+/t15-/m1/s1. The molecule has 1 atom stereocenters. The first kappa shape index (κ1) is 15.4. The Bertz CT molecular complexity index is 608. The number of rotatable bonds is 6. The molecule has 2 rings (SSSR count). The van der Waals surface area contributed by atoms with E-state index in [-0.39, 0.29) is 12.0 Å². The van der Waals surface area contributed by atoms with Crippen LogP contribution in [0.4, 0.5) is 0 Å². The van der Waals surface area contributed by atoms with Crippen molar-refractivity contribution in [1.29, 1.82) is 0 Å². The van der Waals surface area contributed by atoms with Crippen LogP contribution in [0.2, 0.25) is 5.02 Å². The van der Waals surface area contributed by atoms with E-state index in [0.29, 0.717) is 11.6 Å². The monoisotopic (exact) mass is 305 g/mol. The fourth-order valence-corrected chi connectivity index (χ4v) is 2.11. The molecule has 5 heteroatoms. The highest BCUT2D eigenvalue weighted by molar-refractivity contribution is 6.31. The average molecular weight is 306 g/mol. The van der Waals surface area contributed by atoms with Gasteiger partial charge in [-0.05, 0) is 18.2 Å². The second kappa shape index (κ2) is 7.67. The number of hydrogen-bond acceptors (Lipinski definition) is 3. The first-order valence-corrected chi connectivity index (χ1v) is 6.84. The second-order valence-electron chi connectivity index (χ2n) is 4.38. The molecule has 2 aromatic rings. The van der Waals surface area contributed by atoms with Crippen molar-refractivity contribution in [2.45, 2.75) is 6.10 Å². The molecule has 1 N–H and O–H groups in total. The van der Waals surface area contributed by atoms with E-state index in [0.717, 1.165) is 11.1 Å². The topological polar surface area (TPSA) is 51.5 Å². The van der Waals surface area contributed by atoms with E-state index in [1.807, 2.05) is 18.2 Å². The lowest BCUT2D eigenvalue weighted by atomic mass is 10.1. The molecule has 1 aromatic carbocycles. The number of amides is 1. The van der Waals surface area contributed by atoms with Crippen LogP contribution < -0.4 is 5.32 Å². The summed E-state index contributed by atoms with van der Waals surface area (Å²) in [4.78, 5) is 11.8. The van der Waals surface area contributed by atoms with Gasteiger partial charge in [-0.3, -0.25) is 4.79 Å². The van der Waals surface area contributed by atoms with E-state index in [9.17, 15) is 4.79 Å². The van der Waals surface area contributed by atoms with Crippen LogP contribution in [-0.4, -0.2) is 19.6 Å². The van der Waals surface area contributed by atoms with Crippen molar-refractivity contribution in [3.05, 3.63) is 65.1 Å². The van der Waals surface area contributed by atoms with Crippen molar-refractivity contribution in [3.63, 3.8) is 0 Å². The highest BCUT2D eigenvalue weighted by atomic mass is 35.5. The first-order chi connectivity index (χ1) is 10.2. The van der Waals surface area contributed by atoms with Gasteiger partial charge in [-0.25, -0.2) is 0 Å². The van der Waals surface area contributed by atoms with Crippen LogP contribution in [0.25, 0.3) is 6.08 Å². The Morgan fingerprint density at radius 2 is 2.24 bits per heavy atom. The maximum Gasteiger partial charge on any atom is 0.244 e. The zero-order valence-electron chi connectivity index (χ0n) is 11.6. The van der Waals surface area contributed by atoms with Crippen molar-refractivity contribution in [2.24, 2.45) is 0 Å². The molecule has 0 unspecified atom stereocenters. The van der Waals surface area contributed by atoms with Gasteiger partial charge >= 0.3 is 0 Å². The van der Waals surface area contributed by atoms with Gasteiger partial charge < -0.3 is 14.5 Å². The quantitative estimate of drug-likeness (QED) is 0.832. The molecule has 0 saturated carbocycles. The summed E-state index contributed by atoms with van der Waals surface area (Å²) in [6, 6.07) is 9.18. The summed E-state index contributed by atoms with van der Waals surface area (Å²) in [6.45, 7) is 0.342. The smallest absolute Gasteiger partial charge is 0.244 e. The lowest BCUT2D eigenvalue weighted by Gasteiger charge is -2.17. The van der Waals surface area contributed by atoms with Gasteiger partial charge in [-0.15, -0.1) is 0 Å². The Morgan fingerprint density at radius 3 is 2.90 bits per heavy atom. The average Bonchev–Trinajstić information content (AvgIpc) is 3.01. The van der Waals surface area contributed by atoms with Crippen molar-refractivity contribution in [3.8, 4) is 0 Å². The van der Waals surface area contributed by atoms with Crippen LogP contribution in [0, 0.1) is 0 Å². The third-order valence-corrected chi connectivity index (χ3v) is 3.31. The summed E-state index contributed by atoms with van der Waals surface area (Å²) in [5, 5.41) is 3.40. The van der Waals surface area contributed by atoms with Gasteiger partial charge in [0, 0.05) is 35.9 Å². The minimum absolute atomic E-state index is 0.203. The normalized spacial score (nSPS) is 12.5. The van der Waals surface area contributed by atoms with Crippen LogP contribution in [0.15, 0.2) is 53.4 Å². The molecule has 0 bridgehead atoms. The van der Waals surface area contributed by atoms with Gasteiger partial charge in [0.05, 0.1) is 12.5 Å². The van der Waals surface area contributed by atoms with Crippen molar-refractivity contribution in [2.75, 3.05) is 13.7 Å². The van der Waals surface area contributed by atoms with Gasteiger partial charge in [-0.1, -0.05) is 29.8 Å². The Labute approximate surface area is 128 Å². The van der Waals surface area contributed by atoms with Gasteiger partial charge in [0.2, 0.25) is 5.91 Å². The molecule has 0 aliphatic rings. The Morgan fingerprint density at radius 1 is 1.43 bits per heavy atom. The molecule has 4 nitrogen and oxygen atoms in total. The predicted molar refractivity (Wildman–Crippen MR) is 82.0 cm³/mol. The Balaban J connectivity index is 1.91. The number of carbonyl (C=O) groups excluding carboxylic acids is 1. The molecule has 0 aliphatic heterocycles. The highest BCUT2D eigenvalue weighted by Crippen LogP contribution is 2.24. The van der Waals surface area contributed by atoms with Crippen LogP contribution in [0.3, 0.4) is 0 Å². The molecule has 0 aliphatic carbocycles. The zero-order valence-corrected chi connectivity index (χ0v) is 12.3. The van der Waals surface area contributed by atoms with E-state index < -0.39 is 0 Å². The number of furan rings is 1.